The molecule has 2 aliphatic carbocycles. The molecule has 0 spiro atoms. The fourth-order valence-electron chi connectivity index (χ4n) is 3.79. The predicted octanol–water partition coefficient (Wildman–Crippen LogP) is 3.09. The Kier molecular flexibility index (Phi) is 3.61. The lowest BCUT2D eigenvalue weighted by Crippen LogP contribution is -2.36. The summed E-state index contributed by atoms with van der Waals surface area (Å²) in [5.41, 5.74) is 2.91. The number of anilines is 1. The summed E-state index contributed by atoms with van der Waals surface area (Å²) in [6, 6.07) is 9.16. The third-order valence-corrected chi connectivity index (χ3v) is 4.61. The quantitative estimate of drug-likeness (QED) is 0.843. The molecule has 0 unspecified atom stereocenters. The van der Waals surface area contributed by atoms with Crippen LogP contribution in [0.1, 0.15) is 13.8 Å². The van der Waals surface area contributed by atoms with E-state index in [2.05, 4.69) is 5.32 Å². The largest absolute Gasteiger partial charge is 0.481 e. The Morgan fingerprint density at radius 1 is 1.00 bits per heavy atom. The summed E-state index contributed by atoms with van der Waals surface area (Å²) in [6.45, 7) is 3.97. The highest BCUT2D eigenvalue weighted by Gasteiger charge is 2.54. The second kappa shape index (κ2) is 5.44. The minimum atomic E-state index is -0.899. The van der Waals surface area contributed by atoms with Gasteiger partial charge in [-0.3, -0.25) is 9.59 Å². The predicted molar refractivity (Wildman–Crippen MR) is 84.2 cm³/mol. The van der Waals surface area contributed by atoms with Crippen molar-refractivity contribution in [1.82, 2.24) is 0 Å². The molecule has 0 aliphatic heterocycles. The van der Waals surface area contributed by atoms with Crippen molar-refractivity contribution in [1.29, 1.82) is 0 Å². The highest BCUT2D eigenvalue weighted by atomic mass is 16.4. The SMILES string of the molecule is CC(C)=C1[C@H]2C=C[C@@H]1[C@H](C(=O)O)[C@@H]2C(=O)Nc1ccccc1. The van der Waals surface area contributed by atoms with E-state index in [9.17, 15) is 14.7 Å². The van der Waals surface area contributed by atoms with Crippen molar-refractivity contribution >= 4 is 17.6 Å². The summed E-state index contributed by atoms with van der Waals surface area (Å²) in [5, 5.41) is 12.4. The molecule has 22 heavy (non-hydrogen) atoms. The lowest BCUT2D eigenvalue weighted by atomic mass is 9.82. The van der Waals surface area contributed by atoms with Crippen LogP contribution in [-0.4, -0.2) is 17.0 Å². The summed E-state index contributed by atoms with van der Waals surface area (Å²) in [7, 11) is 0. The van der Waals surface area contributed by atoms with Crippen molar-refractivity contribution in [2.24, 2.45) is 23.7 Å². The van der Waals surface area contributed by atoms with Crippen molar-refractivity contribution in [3.63, 3.8) is 0 Å². The summed E-state index contributed by atoms with van der Waals surface area (Å²) in [5.74, 6) is -2.59. The van der Waals surface area contributed by atoms with Crippen molar-refractivity contribution in [3.05, 3.63) is 53.6 Å². The Bertz CT molecular complexity index is 671. The van der Waals surface area contributed by atoms with E-state index in [1.807, 2.05) is 44.2 Å². The van der Waals surface area contributed by atoms with Gasteiger partial charge in [0.1, 0.15) is 0 Å². The molecule has 3 rings (SSSR count). The number of nitrogens with one attached hydrogen (secondary N) is 1. The molecule has 1 fully saturated rings. The Labute approximate surface area is 129 Å². The highest BCUT2D eigenvalue weighted by molar-refractivity contribution is 5.97. The molecule has 2 bridgehead atoms. The molecule has 0 heterocycles. The summed E-state index contributed by atoms with van der Waals surface area (Å²) in [6.07, 6.45) is 3.93. The molecule has 0 aromatic heterocycles. The zero-order valence-electron chi connectivity index (χ0n) is 12.6. The zero-order valence-corrected chi connectivity index (χ0v) is 12.6. The minimum Gasteiger partial charge on any atom is -0.481 e. The molecule has 1 aromatic carbocycles. The topological polar surface area (TPSA) is 66.4 Å². The molecule has 114 valence electrons. The number of carbonyl (C=O) groups is 2. The van der Waals surface area contributed by atoms with Gasteiger partial charge in [0, 0.05) is 17.5 Å². The van der Waals surface area contributed by atoms with Gasteiger partial charge in [0.05, 0.1) is 11.8 Å². The van der Waals surface area contributed by atoms with Crippen molar-refractivity contribution < 1.29 is 14.7 Å². The Hall–Kier alpha value is -2.36. The summed E-state index contributed by atoms with van der Waals surface area (Å²) in [4.78, 5) is 24.3. The van der Waals surface area contributed by atoms with Gasteiger partial charge in [-0.25, -0.2) is 0 Å². The molecule has 4 nitrogen and oxygen atoms in total. The first-order chi connectivity index (χ1) is 10.5. The van der Waals surface area contributed by atoms with Gasteiger partial charge in [0.2, 0.25) is 5.91 Å². The van der Waals surface area contributed by atoms with Gasteiger partial charge in [-0.05, 0) is 26.0 Å². The Balaban J connectivity index is 1.92. The van der Waals surface area contributed by atoms with Crippen LogP contribution in [0.25, 0.3) is 0 Å². The van der Waals surface area contributed by atoms with Gasteiger partial charge in [0.15, 0.2) is 0 Å². The number of allylic oxidation sites excluding steroid dienone is 4. The molecule has 1 amide bonds. The minimum absolute atomic E-state index is 0.0974. The molecule has 4 heteroatoms. The number of aliphatic carboxylic acids is 1. The molecule has 2 aliphatic rings. The van der Waals surface area contributed by atoms with Crippen molar-refractivity contribution in [2.45, 2.75) is 13.8 Å². The third-order valence-electron chi connectivity index (χ3n) is 4.61. The number of amides is 1. The monoisotopic (exact) mass is 297 g/mol. The van der Waals surface area contributed by atoms with E-state index in [-0.39, 0.29) is 17.7 Å². The average Bonchev–Trinajstić information content (AvgIpc) is 3.03. The van der Waals surface area contributed by atoms with Crippen LogP contribution in [0.4, 0.5) is 5.69 Å². The summed E-state index contributed by atoms with van der Waals surface area (Å²) >= 11 is 0. The number of fused-ring (bicyclic) bond motifs is 2. The maximum absolute atomic E-state index is 12.7. The fourth-order valence-corrected chi connectivity index (χ4v) is 3.79. The molecule has 0 radical (unpaired) electrons. The fraction of sp³-hybridized carbons (Fsp3) is 0.333. The van der Waals surface area contributed by atoms with E-state index in [0.29, 0.717) is 5.69 Å². The summed E-state index contributed by atoms with van der Waals surface area (Å²) < 4.78 is 0. The van der Waals surface area contributed by atoms with Gasteiger partial charge >= 0.3 is 5.97 Å². The van der Waals surface area contributed by atoms with Crippen LogP contribution in [0.5, 0.6) is 0 Å². The van der Waals surface area contributed by atoms with Crippen LogP contribution in [0.3, 0.4) is 0 Å². The standard InChI is InChI=1S/C18H19NO3/c1-10(2)14-12-8-9-13(14)16(18(21)22)15(12)17(20)19-11-6-4-3-5-7-11/h3-9,12-13,15-16H,1-2H3,(H,19,20)(H,21,22)/t12-,13+,15-,16+/m1/s1. The number of benzene rings is 1. The van der Waals surface area contributed by atoms with E-state index in [0.717, 1.165) is 11.1 Å². The van der Waals surface area contributed by atoms with Crippen molar-refractivity contribution in [3.8, 4) is 0 Å². The van der Waals surface area contributed by atoms with Crippen LogP contribution < -0.4 is 5.32 Å². The lowest BCUT2D eigenvalue weighted by molar-refractivity contribution is -0.146. The molecule has 1 aromatic rings. The maximum Gasteiger partial charge on any atom is 0.308 e. The average molecular weight is 297 g/mol. The molecular formula is C18H19NO3. The molecular weight excluding hydrogens is 278 g/mol. The zero-order chi connectivity index (χ0) is 15.9. The van der Waals surface area contributed by atoms with Crippen LogP contribution in [0.2, 0.25) is 0 Å². The third kappa shape index (κ3) is 2.25. The van der Waals surface area contributed by atoms with Crippen LogP contribution in [0, 0.1) is 23.7 Å². The van der Waals surface area contributed by atoms with Gasteiger partial charge < -0.3 is 10.4 Å². The smallest absolute Gasteiger partial charge is 0.308 e. The number of carboxylic acids is 1. The number of rotatable bonds is 3. The van der Waals surface area contributed by atoms with Crippen LogP contribution >= 0.6 is 0 Å². The van der Waals surface area contributed by atoms with Gasteiger partial charge in [0.25, 0.3) is 0 Å². The van der Waals surface area contributed by atoms with Gasteiger partial charge in [-0.15, -0.1) is 0 Å². The second-order valence-corrected chi connectivity index (χ2v) is 6.14. The van der Waals surface area contributed by atoms with Crippen LogP contribution in [-0.2, 0) is 9.59 Å². The molecule has 4 atom stereocenters. The van der Waals surface area contributed by atoms with E-state index < -0.39 is 17.8 Å². The normalized spacial score (nSPS) is 28.7. The first-order valence-corrected chi connectivity index (χ1v) is 7.45. The molecule has 2 N–H and O–H groups in total. The Morgan fingerprint density at radius 3 is 2.14 bits per heavy atom. The lowest BCUT2D eigenvalue weighted by Gasteiger charge is -2.23. The van der Waals surface area contributed by atoms with Gasteiger partial charge in [-0.1, -0.05) is 41.5 Å². The first-order valence-electron chi connectivity index (χ1n) is 7.45. The highest BCUT2D eigenvalue weighted by Crippen LogP contribution is 2.53. The number of carbonyl (C=O) groups excluding carboxylic acids is 1. The maximum atomic E-state index is 12.7. The number of hydrogen-bond donors (Lipinski definition) is 2. The van der Waals surface area contributed by atoms with E-state index in [1.165, 1.54) is 0 Å². The second-order valence-electron chi connectivity index (χ2n) is 6.14. The molecule has 1 saturated carbocycles. The Morgan fingerprint density at radius 2 is 1.59 bits per heavy atom. The van der Waals surface area contributed by atoms with E-state index >= 15 is 0 Å². The van der Waals surface area contributed by atoms with Crippen molar-refractivity contribution in [2.75, 3.05) is 5.32 Å². The number of carboxylic acid groups (broad SMARTS) is 1. The molecule has 0 saturated heterocycles. The number of para-hydroxylation sites is 1. The van der Waals surface area contributed by atoms with E-state index in [1.54, 1.807) is 12.1 Å². The van der Waals surface area contributed by atoms with E-state index in [4.69, 9.17) is 0 Å². The van der Waals surface area contributed by atoms with Crippen LogP contribution in [0.15, 0.2) is 53.6 Å². The first kappa shape index (κ1) is 14.6. The van der Waals surface area contributed by atoms with Gasteiger partial charge in [-0.2, -0.15) is 0 Å². The number of hydrogen-bond acceptors (Lipinski definition) is 2.